The van der Waals surface area contributed by atoms with Gasteiger partial charge in [0.05, 0.1) is 6.42 Å². The number of carbonyl (C=O) groups is 4. The summed E-state index contributed by atoms with van der Waals surface area (Å²) in [5.74, 6) is -1.69. The molecule has 0 aliphatic heterocycles. The molecule has 0 fully saturated rings. The number of hydrogen-bond acceptors (Lipinski definition) is 5. The molecule has 0 aromatic heterocycles. The van der Waals surface area contributed by atoms with Crippen LogP contribution in [-0.4, -0.2) is 52.9 Å². The van der Waals surface area contributed by atoms with Gasteiger partial charge in [0, 0.05) is 12.6 Å². The number of nitrogens with two attached hydrogens (primary N) is 1. The molecule has 9 nitrogen and oxygen atoms in total. The number of alkyl carbamates (subject to hydrolysis) is 1. The van der Waals surface area contributed by atoms with Gasteiger partial charge < -0.3 is 26.0 Å². The van der Waals surface area contributed by atoms with Gasteiger partial charge in [-0.2, -0.15) is 0 Å². The SMILES string of the molecule is CCCCCNC(=O)C(c1cccc(C)c1)N(C(=O)C(CC(N)=O)NC(=O)OC(C)(C)C)C(C)C. The molecule has 196 valence electrons. The molecule has 0 aliphatic rings. The molecule has 2 atom stereocenters. The Hall–Kier alpha value is -3.10. The van der Waals surface area contributed by atoms with Gasteiger partial charge in [-0.05, 0) is 53.5 Å². The van der Waals surface area contributed by atoms with E-state index in [2.05, 4.69) is 17.6 Å². The van der Waals surface area contributed by atoms with Gasteiger partial charge in [0.15, 0.2) is 0 Å². The Kier molecular flexibility index (Phi) is 11.7. The van der Waals surface area contributed by atoms with Gasteiger partial charge in [-0.1, -0.05) is 49.6 Å². The van der Waals surface area contributed by atoms with E-state index in [0.717, 1.165) is 24.8 Å². The summed E-state index contributed by atoms with van der Waals surface area (Å²) in [7, 11) is 0. The summed E-state index contributed by atoms with van der Waals surface area (Å²) >= 11 is 0. The summed E-state index contributed by atoms with van der Waals surface area (Å²) in [4.78, 5) is 52.8. The Labute approximate surface area is 209 Å². The van der Waals surface area contributed by atoms with Crippen LogP contribution in [0.25, 0.3) is 0 Å². The lowest BCUT2D eigenvalue weighted by atomic mass is 9.99. The van der Waals surface area contributed by atoms with Gasteiger partial charge in [0.25, 0.3) is 0 Å². The van der Waals surface area contributed by atoms with Crippen LogP contribution in [0.2, 0.25) is 0 Å². The molecule has 0 spiro atoms. The molecular formula is C26H42N4O5. The summed E-state index contributed by atoms with van der Waals surface area (Å²) in [5, 5.41) is 5.41. The van der Waals surface area contributed by atoms with Crippen LogP contribution >= 0.6 is 0 Å². The minimum absolute atomic E-state index is 0.330. The van der Waals surface area contributed by atoms with E-state index in [9.17, 15) is 19.2 Å². The topological polar surface area (TPSA) is 131 Å². The van der Waals surface area contributed by atoms with Crippen molar-refractivity contribution < 1.29 is 23.9 Å². The molecule has 9 heteroatoms. The standard InChI is InChI=1S/C26H42N4O5/c1-8-9-10-14-28-23(32)22(19-13-11-12-18(4)15-19)30(17(2)3)24(33)20(16-21(27)31)29-25(34)35-26(5,6)7/h11-13,15,17,20,22H,8-10,14,16H2,1-7H3,(H2,27,31)(H,28,32)(H,29,34). The lowest BCUT2D eigenvalue weighted by molar-refractivity contribution is -0.145. The van der Waals surface area contributed by atoms with E-state index in [1.54, 1.807) is 40.7 Å². The maximum Gasteiger partial charge on any atom is 0.408 e. The summed E-state index contributed by atoms with van der Waals surface area (Å²) < 4.78 is 5.27. The molecule has 1 aromatic carbocycles. The number of carbonyl (C=O) groups excluding carboxylic acids is 4. The number of amides is 4. The fourth-order valence-corrected chi connectivity index (χ4v) is 3.67. The largest absolute Gasteiger partial charge is 0.444 e. The fraction of sp³-hybridized carbons (Fsp3) is 0.615. The number of rotatable bonds is 12. The average molecular weight is 491 g/mol. The van der Waals surface area contributed by atoms with Crippen molar-refractivity contribution in [3.8, 4) is 0 Å². The molecule has 0 heterocycles. The Morgan fingerprint density at radius 2 is 1.77 bits per heavy atom. The number of nitrogens with one attached hydrogen (secondary N) is 2. The number of ether oxygens (including phenoxy) is 1. The second-order valence-electron chi connectivity index (χ2n) is 10.0. The van der Waals surface area contributed by atoms with Crippen LogP contribution in [0.5, 0.6) is 0 Å². The molecule has 1 rings (SSSR count). The third-order valence-corrected chi connectivity index (χ3v) is 5.17. The predicted molar refractivity (Wildman–Crippen MR) is 135 cm³/mol. The first-order valence-corrected chi connectivity index (χ1v) is 12.2. The molecule has 4 N–H and O–H groups in total. The van der Waals surface area contributed by atoms with E-state index in [0.29, 0.717) is 12.1 Å². The summed E-state index contributed by atoms with van der Waals surface area (Å²) in [6.45, 7) is 13.1. The molecule has 0 saturated carbocycles. The molecule has 1 aromatic rings. The molecule has 0 saturated heterocycles. The van der Waals surface area contributed by atoms with Gasteiger partial charge in [0.1, 0.15) is 17.7 Å². The van der Waals surface area contributed by atoms with Crippen molar-refractivity contribution in [2.24, 2.45) is 5.73 Å². The zero-order valence-corrected chi connectivity index (χ0v) is 22.1. The van der Waals surface area contributed by atoms with Gasteiger partial charge >= 0.3 is 6.09 Å². The number of unbranched alkanes of at least 4 members (excludes halogenated alkanes) is 2. The second-order valence-corrected chi connectivity index (χ2v) is 10.0. The maximum atomic E-state index is 13.8. The number of benzene rings is 1. The highest BCUT2D eigenvalue weighted by Gasteiger charge is 2.38. The minimum atomic E-state index is -1.29. The van der Waals surface area contributed by atoms with Crippen molar-refractivity contribution in [1.29, 1.82) is 0 Å². The van der Waals surface area contributed by atoms with Crippen molar-refractivity contribution in [3.63, 3.8) is 0 Å². The molecule has 0 radical (unpaired) electrons. The quantitative estimate of drug-likeness (QED) is 0.387. The van der Waals surface area contributed by atoms with Gasteiger partial charge in [-0.15, -0.1) is 0 Å². The summed E-state index contributed by atoms with van der Waals surface area (Å²) in [6, 6.07) is 4.70. The second kappa shape index (κ2) is 13.7. The van der Waals surface area contributed by atoms with Crippen LogP contribution in [0, 0.1) is 6.92 Å². The average Bonchev–Trinajstić information content (AvgIpc) is 2.72. The Morgan fingerprint density at radius 1 is 1.11 bits per heavy atom. The highest BCUT2D eigenvalue weighted by molar-refractivity contribution is 5.94. The summed E-state index contributed by atoms with van der Waals surface area (Å²) in [5.41, 5.74) is 6.16. The highest BCUT2D eigenvalue weighted by Crippen LogP contribution is 2.26. The molecule has 35 heavy (non-hydrogen) atoms. The summed E-state index contributed by atoms with van der Waals surface area (Å²) in [6.07, 6.45) is 1.53. The van der Waals surface area contributed by atoms with E-state index in [1.165, 1.54) is 4.90 Å². The first-order valence-electron chi connectivity index (χ1n) is 12.2. The van der Waals surface area contributed by atoms with E-state index >= 15 is 0 Å². The van der Waals surface area contributed by atoms with E-state index in [1.807, 2.05) is 25.1 Å². The van der Waals surface area contributed by atoms with E-state index in [4.69, 9.17) is 10.5 Å². The zero-order valence-electron chi connectivity index (χ0n) is 22.1. The maximum absolute atomic E-state index is 13.8. The van der Waals surface area contributed by atoms with Gasteiger partial charge in [0.2, 0.25) is 17.7 Å². The van der Waals surface area contributed by atoms with Crippen LogP contribution in [0.4, 0.5) is 4.79 Å². The van der Waals surface area contributed by atoms with Gasteiger partial charge in [-0.3, -0.25) is 14.4 Å². The molecule has 4 amide bonds. The number of hydrogen-bond donors (Lipinski definition) is 3. The number of nitrogens with zero attached hydrogens (tertiary/aromatic N) is 1. The highest BCUT2D eigenvalue weighted by atomic mass is 16.6. The molecule has 0 bridgehead atoms. The van der Waals surface area contributed by atoms with Crippen LogP contribution in [0.3, 0.4) is 0 Å². The van der Waals surface area contributed by atoms with Crippen molar-refractivity contribution >= 4 is 23.8 Å². The van der Waals surface area contributed by atoms with Crippen LogP contribution in [0.15, 0.2) is 24.3 Å². The normalized spacial score (nSPS) is 13.0. The van der Waals surface area contributed by atoms with Crippen molar-refractivity contribution in [1.82, 2.24) is 15.5 Å². The van der Waals surface area contributed by atoms with Crippen LogP contribution in [0.1, 0.15) is 84.4 Å². The van der Waals surface area contributed by atoms with Gasteiger partial charge in [-0.25, -0.2) is 4.79 Å². The third-order valence-electron chi connectivity index (χ3n) is 5.17. The molecule has 2 unspecified atom stereocenters. The minimum Gasteiger partial charge on any atom is -0.444 e. The lowest BCUT2D eigenvalue weighted by Crippen LogP contribution is -2.56. The number of aryl methyl sites for hydroxylation is 1. The fourth-order valence-electron chi connectivity index (χ4n) is 3.67. The Balaban J connectivity index is 3.38. The first-order chi connectivity index (χ1) is 16.3. The van der Waals surface area contributed by atoms with Crippen LogP contribution < -0.4 is 16.4 Å². The van der Waals surface area contributed by atoms with Crippen molar-refractivity contribution in [2.75, 3.05) is 6.54 Å². The number of primary amides is 1. The molecular weight excluding hydrogens is 448 g/mol. The zero-order chi connectivity index (χ0) is 26.8. The van der Waals surface area contributed by atoms with Crippen molar-refractivity contribution in [3.05, 3.63) is 35.4 Å². The smallest absolute Gasteiger partial charge is 0.408 e. The first kappa shape index (κ1) is 29.9. The van der Waals surface area contributed by atoms with Crippen molar-refractivity contribution in [2.45, 2.75) is 97.9 Å². The molecule has 0 aliphatic carbocycles. The Morgan fingerprint density at radius 3 is 2.29 bits per heavy atom. The monoisotopic (exact) mass is 490 g/mol. The predicted octanol–water partition coefficient (Wildman–Crippen LogP) is 3.35. The Bertz CT molecular complexity index is 879. The van der Waals surface area contributed by atoms with Crippen LogP contribution in [-0.2, 0) is 19.1 Å². The lowest BCUT2D eigenvalue weighted by Gasteiger charge is -2.37. The third kappa shape index (κ3) is 10.4. The van der Waals surface area contributed by atoms with E-state index in [-0.39, 0.29) is 5.91 Å². The van der Waals surface area contributed by atoms with E-state index < -0.39 is 48.1 Å².